The molecular formula is C19H18N2O3S2. The van der Waals surface area contributed by atoms with E-state index < -0.39 is 10.0 Å². The number of aryl methyl sites for hydroxylation is 1. The fourth-order valence-corrected chi connectivity index (χ4v) is 5.26. The van der Waals surface area contributed by atoms with Crippen LogP contribution in [-0.2, 0) is 22.9 Å². The van der Waals surface area contributed by atoms with E-state index in [2.05, 4.69) is 16.6 Å². The van der Waals surface area contributed by atoms with Gasteiger partial charge in [-0.2, -0.15) is 0 Å². The molecule has 0 bridgehead atoms. The number of rotatable bonds is 5. The van der Waals surface area contributed by atoms with E-state index >= 15 is 0 Å². The summed E-state index contributed by atoms with van der Waals surface area (Å²) >= 11 is 1.17. The summed E-state index contributed by atoms with van der Waals surface area (Å²) in [7, 11) is -3.65. The summed E-state index contributed by atoms with van der Waals surface area (Å²) in [5.74, 6) is 1.00. The first-order chi connectivity index (χ1) is 12.5. The van der Waals surface area contributed by atoms with Gasteiger partial charge in [-0.1, -0.05) is 12.1 Å². The first kappa shape index (κ1) is 17.1. The minimum absolute atomic E-state index is 0.253. The zero-order valence-corrected chi connectivity index (χ0v) is 15.9. The molecule has 4 rings (SSSR count). The van der Waals surface area contributed by atoms with Crippen molar-refractivity contribution in [1.82, 2.24) is 4.98 Å². The quantitative estimate of drug-likeness (QED) is 0.699. The normalized spacial score (nSPS) is 13.4. The Kier molecular flexibility index (Phi) is 4.42. The van der Waals surface area contributed by atoms with Crippen LogP contribution in [0.2, 0.25) is 0 Å². The van der Waals surface area contributed by atoms with Crippen molar-refractivity contribution < 1.29 is 13.2 Å². The molecule has 134 valence electrons. The highest BCUT2D eigenvalue weighted by Crippen LogP contribution is 2.37. The Labute approximate surface area is 156 Å². The Morgan fingerprint density at radius 2 is 1.96 bits per heavy atom. The molecule has 5 nitrogen and oxygen atoms in total. The molecule has 0 fully saturated rings. The number of anilines is 1. The third kappa shape index (κ3) is 3.20. The number of benzene rings is 1. The summed E-state index contributed by atoms with van der Waals surface area (Å²) in [5.41, 5.74) is 4.12. The number of nitrogens with zero attached hydrogens (tertiary/aromatic N) is 1. The lowest BCUT2D eigenvalue weighted by Crippen LogP contribution is -2.12. The van der Waals surface area contributed by atoms with Gasteiger partial charge in [0.15, 0.2) is 0 Å². The van der Waals surface area contributed by atoms with E-state index in [0.29, 0.717) is 5.69 Å². The maximum Gasteiger partial charge on any atom is 0.271 e. The Hall–Kier alpha value is -2.38. The Balaban J connectivity index is 1.67. The monoisotopic (exact) mass is 386 g/mol. The molecule has 1 aromatic carbocycles. The molecule has 26 heavy (non-hydrogen) atoms. The van der Waals surface area contributed by atoms with Crippen LogP contribution in [0.25, 0.3) is 0 Å². The van der Waals surface area contributed by atoms with Gasteiger partial charge in [0.2, 0.25) is 5.88 Å². The second-order valence-electron chi connectivity index (χ2n) is 6.19. The van der Waals surface area contributed by atoms with Crippen LogP contribution in [0.15, 0.2) is 52.2 Å². The van der Waals surface area contributed by atoms with Crippen molar-refractivity contribution in [3.05, 3.63) is 64.7 Å². The number of nitrogens with one attached hydrogen (secondary N) is 1. The Morgan fingerprint density at radius 3 is 2.77 bits per heavy atom. The van der Waals surface area contributed by atoms with Gasteiger partial charge in [-0.05, 0) is 72.5 Å². The lowest BCUT2D eigenvalue weighted by Gasteiger charge is -2.14. The second kappa shape index (κ2) is 6.74. The van der Waals surface area contributed by atoms with Crippen LogP contribution in [0.3, 0.4) is 0 Å². The molecule has 7 heteroatoms. The number of ether oxygens (including phenoxy) is 1. The van der Waals surface area contributed by atoms with E-state index in [1.807, 2.05) is 12.1 Å². The average Bonchev–Trinajstić information content (AvgIpc) is 3.30. The van der Waals surface area contributed by atoms with Gasteiger partial charge in [-0.3, -0.25) is 4.72 Å². The summed E-state index contributed by atoms with van der Waals surface area (Å²) < 4.78 is 33.9. The molecule has 2 aromatic heterocycles. The number of hydrogen-bond acceptors (Lipinski definition) is 5. The molecule has 3 aromatic rings. The number of thiophene rings is 1. The highest BCUT2D eigenvalue weighted by atomic mass is 32.2. The maximum absolute atomic E-state index is 12.5. The number of aromatic nitrogens is 1. The predicted octanol–water partition coefficient (Wildman–Crippen LogP) is 4.53. The van der Waals surface area contributed by atoms with Gasteiger partial charge in [0, 0.05) is 6.20 Å². The highest BCUT2D eigenvalue weighted by molar-refractivity contribution is 7.94. The van der Waals surface area contributed by atoms with Gasteiger partial charge in [0.1, 0.15) is 15.6 Å². The van der Waals surface area contributed by atoms with Crippen molar-refractivity contribution in [3.8, 4) is 11.6 Å². The van der Waals surface area contributed by atoms with E-state index in [9.17, 15) is 8.42 Å². The average molecular weight is 386 g/mol. The van der Waals surface area contributed by atoms with Crippen molar-refractivity contribution in [1.29, 1.82) is 0 Å². The van der Waals surface area contributed by atoms with Crippen LogP contribution in [0, 0.1) is 6.92 Å². The Bertz CT molecular complexity index is 1040. The number of hydrogen-bond donors (Lipinski definition) is 1. The Morgan fingerprint density at radius 1 is 1.12 bits per heavy atom. The molecule has 0 atom stereocenters. The third-order valence-electron chi connectivity index (χ3n) is 4.46. The lowest BCUT2D eigenvalue weighted by atomic mass is 10.0. The molecule has 0 aliphatic heterocycles. The van der Waals surface area contributed by atoms with E-state index in [1.54, 1.807) is 35.8 Å². The van der Waals surface area contributed by atoms with Crippen LogP contribution < -0.4 is 9.46 Å². The highest BCUT2D eigenvalue weighted by Gasteiger charge is 2.21. The van der Waals surface area contributed by atoms with E-state index in [-0.39, 0.29) is 10.1 Å². The molecule has 0 spiro atoms. The van der Waals surface area contributed by atoms with Crippen LogP contribution in [0.1, 0.15) is 23.1 Å². The summed E-state index contributed by atoms with van der Waals surface area (Å²) in [6.07, 6.45) is 4.72. The van der Waals surface area contributed by atoms with Crippen LogP contribution >= 0.6 is 11.3 Å². The standard InChI is InChI=1S/C19H18N2O3S2/c1-13-9-10-17(15-6-2-5-14(13)15)24-19-16(7-3-11-20-19)21-26(22,23)18-8-4-12-25-18/h3-4,7-12,21H,2,5-6H2,1H3. The van der Waals surface area contributed by atoms with E-state index in [4.69, 9.17) is 4.74 Å². The smallest absolute Gasteiger partial charge is 0.271 e. The molecule has 1 aliphatic carbocycles. The molecule has 1 N–H and O–H groups in total. The van der Waals surface area contributed by atoms with E-state index in [0.717, 1.165) is 25.0 Å². The van der Waals surface area contributed by atoms with Crippen molar-refractivity contribution in [2.45, 2.75) is 30.4 Å². The van der Waals surface area contributed by atoms with E-state index in [1.165, 1.54) is 28.0 Å². The van der Waals surface area contributed by atoms with Gasteiger partial charge < -0.3 is 4.74 Å². The summed E-state index contributed by atoms with van der Waals surface area (Å²) in [4.78, 5) is 4.24. The first-order valence-electron chi connectivity index (χ1n) is 8.35. The van der Waals surface area contributed by atoms with Gasteiger partial charge in [0.05, 0.1) is 0 Å². The SMILES string of the molecule is Cc1ccc(Oc2ncccc2NS(=O)(=O)c2cccs2)c2c1CCC2. The molecule has 0 radical (unpaired) electrons. The fourth-order valence-electron chi connectivity index (χ4n) is 3.21. The molecule has 0 amide bonds. The van der Waals surface area contributed by atoms with Crippen molar-refractivity contribution in [3.63, 3.8) is 0 Å². The zero-order valence-electron chi connectivity index (χ0n) is 14.2. The van der Waals surface area contributed by atoms with Gasteiger partial charge in [-0.15, -0.1) is 11.3 Å². The van der Waals surface area contributed by atoms with Crippen LogP contribution in [-0.4, -0.2) is 13.4 Å². The van der Waals surface area contributed by atoms with Gasteiger partial charge >= 0.3 is 0 Å². The van der Waals surface area contributed by atoms with Crippen LogP contribution in [0.4, 0.5) is 5.69 Å². The molecular weight excluding hydrogens is 368 g/mol. The van der Waals surface area contributed by atoms with Crippen molar-refractivity contribution in [2.75, 3.05) is 4.72 Å². The minimum atomic E-state index is -3.65. The fraction of sp³-hybridized carbons (Fsp3) is 0.211. The third-order valence-corrected chi connectivity index (χ3v) is 7.22. The predicted molar refractivity (Wildman–Crippen MR) is 103 cm³/mol. The van der Waals surface area contributed by atoms with Crippen molar-refractivity contribution in [2.24, 2.45) is 0 Å². The number of fused-ring (bicyclic) bond motifs is 1. The summed E-state index contributed by atoms with van der Waals surface area (Å²) in [5, 5.41) is 1.73. The van der Waals surface area contributed by atoms with Crippen molar-refractivity contribution >= 4 is 27.0 Å². The maximum atomic E-state index is 12.5. The topological polar surface area (TPSA) is 68.3 Å². The summed E-state index contributed by atoms with van der Waals surface area (Å²) in [6.45, 7) is 2.11. The molecule has 0 saturated heterocycles. The number of pyridine rings is 1. The first-order valence-corrected chi connectivity index (χ1v) is 10.7. The molecule has 2 heterocycles. The number of sulfonamides is 1. The van der Waals surface area contributed by atoms with Gasteiger partial charge in [0.25, 0.3) is 10.0 Å². The van der Waals surface area contributed by atoms with Crippen LogP contribution in [0.5, 0.6) is 11.6 Å². The van der Waals surface area contributed by atoms with Gasteiger partial charge in [-0.25, -0.2) is 13.4 Å². The molecule has 0 saturated carbocycles. The zero-order chi connectivity index (χ0) is 18.1. The lowest BCUT2D eigenvalue weighted by molar-refractivity contribution is 0.460. The summed E-state index contributed by atoms with van der Waals surface area (Å²) in [6, 6.07) is 10.6. The minimum Gasteiger partial charge on any atom is -0.437 e. The molecule has 1 aliphatic rings. The molecule has 0 unspecified atom stereocenters. The largest absolute Gasteiger partial charge is 0.437 e. The second-order valence-corrected chi connectivity index (χ2v) is 9.04.